The lowest BCUT2D eigenvalue weighted by molar-refractivity contribution is 0.220. The van der Waals surface area contributed by atoms with Gasteiger partial charge in [0.05, 0.1) is 0 Å². The number of aromatic nitrogens is 1. The molecule has 1 heterocycles. The van der Waals surface area contributed by atoms with E-state index in [1.165, 1.54) is 0 Å². The molecule has 2 aromatic rings. The van der Waals surface area contributed by atoms with Gasteiger partial charge in [0.1, 0.15) is 6.10 Å². The standard InChI is InChI=1S/C13H14N2O/c1-9-5-6-11(8-15-9)13(16)10-3-2-4-12(14)7-10/h2-8,13,16H,14H2,1H3. The van der Waals surface area contributed by atoms with Crippen LogP contribution in [0.1, 0.15) is 22.9 Å². The van der Waals surface area contributed by atoms with Crippen LogP contribution in [0.3, 0.4) is 0 Å². The second-order valence-corrected chi connectivity index (χ2v) is 3.81. The summed E-state index contributed by atoms with van der Waals surface area (Å²) in [5.41, 5.74) is 8.81. The van der Waals surface area contributed by atoms with Crippen molar-refractivity contribution >= 4 is 5.69 Å². The van der Waals surface area contributed by atoms with Gasteiger partial charge in [-0.15, -0.1) is 0 Å². The second-order valence-electron chi connectivity index (χ2n) is 3.81. The molecule has 16 heavy (non-hydrogen) atoms. The van der Waals surface area contributed by atoms with E-state index in [-0.39, 0.29) is 0 Å². The molecule has 0 aliphatic carbocycles. The molecule has 3 N–H and O–H groups in total. The van der Waals surface area contributed by atoms with Crippen molar-refractivity contribution in [1.82, 2.24) is 4.98 Å². The number of aliphatic hydroxyl groups excluding tert-OH is 1. The minimum Gasteiger partial charge on any atom is -0.399 e. The number of anilines is 1. The SMILES string of the molecule is Cc1ccc(C(O)c2cccc(N)c2)cn1. The highest BCUT2D eigenvalue weighted by Crippen LogP contribution is 2.22. The van der Waals surface area contributed by atoms with Crippen LogP contribution in [0.5, 0.6) is 0 Å². The number of nitrogens with zero attached hydrogens (tertiary/aromatic N) is 1. The zero-order valence-corrected chi connectivity index (χ0v) is 9.09. The summed E-state index contributed by atoms with van der Waals surface area (Å²) in [6, 6.07) is 11.0. The Morgan fingerprint density at radius 3 is 2.62 bits per heavy atom. The Morgan fingerprint density at radius 2 is 2.00 bits per heavy atom. The second kappa shape index (κ2) is 4.33. The van der Waals surface area contributed by atoms with Crippen LogP contribution < -0.4 is 5.73 Å². The summed E-state index contributed by atoms with van der Waals surface area (Å²) in [6.45, 7) is 1.91. The molecule has 0 fully saturated rings. The predicted octanol–water partition coefficient (Wildman–Crippen LogP) is 2.05. The van der Waals surface area contributed by atoms with Crippen LogP contribution in [0.15, 0.2) is 42.6 Å². The van der Waals surface area contributed by atoms with Crippen molar-refractivity contribution in [3.63, 3.8) is 0 Å². The fourth-order valence-corrected chi connectivity index (χ4v) is 1.56. The Morgan fingerprint density at radius 1 is 1.19 bits per heavy atom. The van der Waals surface area contributed by atoms with E-state index < -0.39 is 6.10 Å². The number of benzene rings is 1. The van der Waals surface area contributed by atoms with Crippen molar-refractivity contribution in [2.45, 2.75) is 13.0 Å². The van der Waals surface area contributed by atoms with Crippen LogP contribution in [-0.2, 0) is 0 Å². The van der Waals surface area contributed by atoms with Gasteiger partial charge in [-0.2, -0.15) is 0 Å². The molecule has 0 amide bonds. The van der Waals surface area contributed by atoms with Crippen LogP contribution in [0.25, 0.3) is 0 Å². The highest BCUT2D eigenvalue weighted by Gasteiger charge is 2.10. The molecule has 0 aliphatic heterocycles. The van der Waals surface area contributed by atoms with E-state index in [0.717, 1.165) is 16.8 Å². The number of pyridine rings is 1. The smallest absolute Gasteiger partial charge is 0.106 e. The average Bonchev–Trinajstić information content (AvgIpc) is 2.29. The minimum atomic E-state index is -0.670. The molecule has 0 bridgehead atoms. The molecule has 0 aliphatic rings. The van der Waals surface area contributed by atoms with Crippen molar-refractivity contribution in [2.24, 2.45) is 0 Å². The molecule has 82 valence electrons. The van der Waals surface area contributed by atoms with Crippen molar-refractivity contribution in [3.05, 3.63) is 59.4 Å². The van der Waals surface area contributed by atoms with Gasteiger partial charge in [0.25, 0.3) is 0 Å². The van der Waals surface area contributed by atoms with Gasteiger partial charge < -0.3 is 10.8 Å². The summed E-state index contributed by atoms with van der Waals surface area (Å²) in [6.07, 6.45) is 1.01. The Kier molecular flexibility index (Phi) is 2.88. The first-order valence-electron chi connectivity index (χ1n) is 5.13. The van der Waals surface area contributed by atoms with E-state index in [1.54, 1.807) is 18.3 Å². The predicted molar refractivity (Wildman–Crippen MR) is 63.9 cm³/mol. The number of nitrogen functional groups attached to an aromatic ring is 1. The third kappa shape index (κ3) is 2.20. The Balaban J connectivity index is 2.31. The monoisotopic (exact) mass is 214 g/mol. The zero-order chi connectivity index (χ0) is 11.5. The normalized spacial score (nSPS) is 12.4. The number of hydrogen-bond acceptors (Lipinski definition) is 3. The molecule has 1 aromatic heterocycles. The van der Waals surface area contributed by atoms with Gasteiger partial charge in [-0.1, -0.05) is 18.2 Å². The fraction of sp³-hybridized carbons (Fsp3) is 0.154. The third-order valence-electron chi connectivity index (χ3n) is 2.48. The average molecular weight is 214 g/mol. The van der Waals surface area contributed by atoms with Gasteiger partial charge in [0, 0.05) is 23.1 Å². The summed E-state index contributed by atoms with van der Waals surface area (Å²) in [5, 5.41) is 10.1. The minimum absolute atomic E-state index is 0.650. The number of aliphatic hydroxyl groups is 1. The van der Waals surface area contributed by atoms with Crippen molar-refractivity contribution in [1.29, 1.82) is 0 Å². The van der Waals surface area contributed by atoms with Gasteiger partial charge in [-0.05, 0) is 30.7 Å². The van der Waals surface area contributed by atoms with Crippen LogP contribution in [0.4, 0.5) is 5.69 Å². The lowest BCUT2D eigenvalue weighted by Crippen LogP contribution is -2.01. The van der Waals surface area contributed by atoms with Gasteiger partial charge in [-0.25, -0.2) is 0 Å². The Hall–Kier alpha value is -1.87. The van der Waals surface area contributed by atoms with Gasteiger partial charge in [-0.3, -0.25) is 4.98 Å². The highest BCUT2D eigenvalue weighted by molar-refractivity contribution is 5.43. The molecule has 0 spiro atoms. The molecule has 1 atom stereocenters. The molecule has 0 radical (unpaired) electrons. The van der Waals surface area contributed by atoms with Crippen molar-refractivity contribution in [3.8, 4) is 0 Å². The quantitative estimate of drug-likeness (QED) is 0.752. The molecule has 1 unspecified atom stereocenters. The summed E-state index contributed by atoms with van der Waals surface area (Å²) in [4.78, 5) is 4.16. The van der Waals surface area contributed by atoms with E-state index in [4.69, 9.17) is 5.73 Å². The lowest BCUT2D eigenvalue weighted by atomic mass is 10.0. The van der Waals surface area contributed by atoms with Crippen LogP contribution in [0, 0.1) is 6.92 Å². The molecule has 1 aromatic carbocycles. The third-order valence-corrected chi connectivity index (χ3v) is 2.48. The first-order chi connectivity index (χ1) is 7.66. The molecular weight excluding hydrogens is 200 g/mol. The molecule has 2 rings (SSSR count). The largest absolute Gasteiger partial charge is 0.399 e. The summed E-state index contributed by atoms with van der Waals surface area (Å²) in [7, 11) is 0. The number of aryl methyl sites for hydroxylation is 1. The van der Waals surface area contributed by atoms with E-state index in [9.17, 15) is 5.11 Å². The Bertz CT molecular complexity index is 480. The molecular formula is C13H14N2O. The molecule has 3 heteroatoms. The molecule has 3 nitrogen and oxygen atoms in total. The van der Waals surface area contributed by atoms with Crippen LogP contribution in [0.2, 0.25) is 0 Å². The first kappa shape index (κ1) is 10.6. The summed E-state index contributed by atoms with van der Waals surface area (Å²) in [5.74, 6) is 0. The van der Waals surface area contributed by atoms with E-state index in [2.05, 4.69) is 4.98 Å². The maximum atomic E-state index is 10.1. The fourth-order valence-electron chi connectivity index (χ4n) is 1.56. The van der Waals surface area contributed by atoms with Crippen LogP contribution in [-0.4, -0.2) is 10.1 Å². The zero-order valence-electron chi connectivity index (χ0n) is 9.09. The van der Waals surface area contributed by atoms with Crippen molar-refractivity contribution in [2.75, 3.05) is 5.73 Å². The van der Waals surface area contributed by atoms with E-state index >= 15 is 0 Å². The summed E-state index contributed by atoms with van der Waals surface area (Å²) < 4.78 is 0. The number of nitrogens with two attached hydrogens (primary N) is 1. The maximum absolute atomic E-state index is 10.1. The summed E-state index contributed by atoms with van der Waals surface area (Å²) >= 11 is 0. The van der Waals surface area contributed by atoms with Crippen LogP contribution >= 0.6 is 0 Å². The van der Waals surface area contributed by atoms with E-state index in [0.29, 0.717) is 5.69 Å². The topological polar surface area (TPSA) is 59.1 Å². The Labute approximate surface area is 94.6 Å². The highest BCUT2D eigenvalue weighted by atomic mass is 16.3. The number of hydrogen-bond donors (Lipinski definition) is 2. The van der Waals surface area contributed by atoms with Gasteiger partial charge in [0.15, 0.2) is 0 Å². The maximum Gasteiger partial charge on any atom is 0.106 e. The van der Waals surface area contributed by atoms with Crippen molar-refractivity contribution < 1.29 is 5.11 Å². The van der Waals surface area contributed by atoms with Gasteiger partial charge in [0.2, 0.25) is 0 Å². The lowest BCUT2D eigenvalue weighted by Gasteiger charge is -2.11. The first-order valence-corrected chi connectivity index (χ1v) is 5.13. The molecule has 0 saturated carbocycles. The molecule has 0 saturated heterocycles. The van der Waals surface area contributed by atoms with Gasteiger partial charge >= 0.3 is 0 Å². The number of rotatable bonds is 2. The van der Waals surface area contributed by atoms with E-state index in [1.807, 2.05) is 31.2 Å².